The molecule has 0 radical (unpaired) electrons. The predicted octanol–water partition coefficient (Wildman–Crippen LogP) is 1.73. The third-order valence-electron chi connectivity index (χ3n) is 5.11. The average molecular weight is 380 g/mol. The van der Waals surface area contributed by atoms with Gasteiger partial charge in [-0.25, -0.2) is 15.0 Å². The Labute approximate surface area is 163 Å². The van der Waals surface area contributed by atoms with E-state index in [-0.39, 0.29) is 12.5 Å². The van der Waals surface area contributed by atoms with Gasteiger partial charge in [0.05, 0.1) is 16.6 Å². The fraction of sp³-hybridized carbons (Fsp3) is 0.400. The van der Waals surface area contributed by atoms with Crippen molar-refractivity contribution in [1.29, 1.82) is 0 Å². The summed E-state index contributed by atoms with van der Waals surface area (Å²) in [5.41, 5.74) is 2.08. The zero-order valence-corrected chi connectivity index (χ0v) is 16.1. The molecule has 1 aliphatic rings. The number of aromatic nitrogens is 4. The van der Waals surface area contributed by atoms with Gasteiger partial charge in [0.2, 0.25) is 0 Å². The van der Waals surface area contributed by atoms with Gasteiger partial charge in [0.25, 0.3) is 5.91 Å². The average Bonchev–Trinajstić information content (AvgIpc) is 3.05. The molecule has 3 aromatic rings. The zero-order valence-electron chi connectivity index (χ0n) is 16.1. The molecule has 1 aromatic carbocycles. The molecule has 1 unspecified atom stereocenters. The molecule has 0 spiro atoms. The summed E-state index contributed by atoms with van der Waals surface area (Å²) in [4.78, 5) is 30.5. The Balaban J connectivity index is 1.43. The van der Waals surface area contributed by atoms with Crippen LogP contribution in [0, 0.1) is 13.8 Å². The van der Waals surface area contributed by atoms with Gasteiger partial charge in [-0.2, -0.15) is 0 Å². The number of hydrogen-bond donors (Lipinski definition) is 3. The molecule has 8 heteroatoms. The van der Waals surface area contributed by atoms with Crippen LogP contribution in [0.3, 0.4) is 0 Å². The number of fused-ring (bicyclic) bond motifs is 1. The number of imidazole rings is 1. The number of aromatic amines is 1. The number of hydrogen-bond acceptors (Lipinski definition) is 6. The van der Waals surface area contributed by atoms with Gasteiger partial charge in [0.15, 0.2) is 0 Å². The van der Waals surface area contributed by atoms with Crippen molar-refractivity contribution in [2.24, 2.45) is 0 Å². The molecule has 28 heavy (non-hydrogen) atoms. The molecule has 0 aliphatic carbocycles. The highest BCUT2D eigenvalue weighted by molar-refractivity contribution is 5.97. The molecule has 1 fully saturated rings. The fourth-order valence-corrected chi connectivity index (χ4v) is 3.69. The normalized spacial score (nSPS) is 19.8. The summed E-state index contributed by atoms with van der Waals surface area (Å²) in [5.74, 6) is 1.40. The van der Waals surface area contributed by atoms with Crippen molar-refractivity contribution in [2.75, 3.05) is 24.5 Å². The van der Waals surface area contributed by atoms with Gasteiger partial charge >= 0.3 is 0 Å². The van der Waals surface area contributed by atoms with E-state index in [9.17, 15) is 9.90 Å². The van der Waals surface area contributed by atoms with Crippen molar-refractivity contribution < 1.29 is 9.90 Å². The van der Waals surface area contributed by atoms with Gasteiger partial charge in [-0.1, -0.05) is 0 Å². The van der Waals surface area contributed by atoms with Crippen LogP contribution in [0.25, 0.3) is 11.0 Å². The van der Waals surface area contributed by atoms with Crippen LogP contribution in [0.5, 0.6) is 0 Å². The lowest BCUT2D eigenvalue weighted by atomic mass is 9.92. The third kappa shape index (κ3) is 3.82. The second-order valence-corrected chi connectivity index (χ2v) is 7.50. The van der Waals surface area contributed by atoms with Gasteiger partial charge in [0.1, 0.15) is 18.0 Å². The Morgan fingerprint density at radius 3 is 3.00 bits per heavy atom. The van der Waals surface area contributed by atoms with Gasteiger partial charge in [-0.05, 0) is 44.9 Å². The number of β-amino-alcohol motifs (C(OH)–C–C–N with tert-alkyl or cyclic N) is 1. The first-order valence-electron chi connectivity index (χ1n) is 9.42. The van der Waals surface area contributed by atoms with E-state index in [4.69, 9.17) is 0 Å². The highest BCUT2D eigenvalue weighted by Gasteiger charge is 2.34. The lowest BCUT2D eigenvalue weighted by Gasteiger charge is -2.39. The van der Waals surface area contributed by atoms with Gasteiger partial charge < -0.3 is 20.3 Å². The number of aryl methyl sites for hydroxylation is 2. The molecule has 3 N–H and O–H groups in total. The summed E-state index contributed by atoms with van der Waals surface area (Å²) in [6, 6.07) is 7.26. The molecule has 1 amide bonds. The molecular formula is C20H24N6O2. The van der Waals surface area contributed by atoms with Crippen LogP contribution >= 0.6 is 0 Å². The molecule has 1 saturated heterocycles. The lowest BCUT2D eigenvalue weighted by molar-refractivity contribution is 0.0254. The van der Waals surface area contributed by atoms with E-state index in [1.54, 1.807) is 12.1 Å². The van der Waals surface area contributed by atoms with E-state index in [1.165, 1.54) is 6.33 Å². The number of piperidine rings is 1. The Hall–Kier alpha value is -3.00. The summed E-state index contributed by atoms with van der Waals surface area (Å²) in [7, 11) is 0. The van der Waals surface area contributed by atoms with Crippen LogP contribution in [0.2, 0.25) is 0 Å². The SMILES string of the molecule is Cc1cc(N2CCCC(O)(CNC(=O)c3ccc4nc(C)[nH]c4c3)C2)ncn1. The Morgan fingerprint density at radius 1 is 1.32 bits per heavy atom. The first kappa shape index (κ1) is 18.4. The molecule has 3 heterocycles. The number of nitrogens with one attached hydrogen (secondary N) is 2. The molecule has 1 aliphatic heterocycles. The highest BCUT2D eigenvalue weighted by atomic mass is 16.3. The van der Waals surface area contributed by atoms with Crippen LogP contribution in [0.1, 0.15) is 34.7 Å². The molecular weight excluding hydrogens is 356 g/mol. The van der Waals surface area contributed by atoms with E-state index in [1.807, 2.05) is 30.9 Å². The topological polar surface area (TPSA) is 107 Å². The van der Waals surface area contributed by atoms with Gasteiger partial charge in [-0.15, -0.1) is 0 Å². The fourth-order valence-electron chi connectivity index (χ4n) is 3.69. The van der Waals surface area contributed by atoms with E-state index in [2.05, 4.69) is 25.3 Å². The van der Waals surface area contributed by atoms with Crippen molar-refractivity contribution >= 4 is 22.8 Å². The lowest BCUT2D eigenvalue weighted by Crippen LogP contribution is -2.54. The number of anilines is 1. The maximum Gasteiger partial charge on any atom is 0.251 e. The summed E-state index contributed by atoms with van der Waals surface area (Å²) >= 11 is 0. The molecule has 0 bridgehead atoms. The smallest absolute Gasteiger partial charge is 0.251 e. The van der Waals surface area contributed by atoms with Crippen LogP contribution < -0.4 is 10.2 Å². The van der Waals surface area contributed by atoms with Crippen molar-refractivity contribution in [1.82, 2.24) is 25.3 Å². The minimum atomic E-state index is -0.999. The number of aliphatic hydroxyl groups is 1. The van der Waals surface area contributed by atoms with Crippen LogP contribution in [-0.4, -0.2) is 56.2 Å². The molecule has 2 aromatic heterocycles. The van der Waals surface area contributed by atoms with E-state index in [0.717, 1.165) is 41.3 Å². The monoisotopic (exact) mass is 380 g/mol. The molecule has 8 nitrogen and oxygen atoms in total. The van der Waals surface area contributed by atoms with Crippen LogP contribution in [-0.2, 0) is 0 Å². The predicted molar refractivity (Wildman–Crippen MR) is 106 cm³/mol. The second kappa shape index (κ2) is 7.20. The Bertz CT molecular complexity index is 1020. The van der Waals surface area contributed by atoms with Gasteiger partial charge in [0, 0.05) is 37.0 Å². The molecule has 0 saturated carbocycles. The minimum Gasteiger partial charge on any atom is -0.386 e. The van der Waals surface area contributed by atoms with E-state index >= 15 is 0 Å². The number of H-pyrrole nitrogens is 1. The largest absolute Gasteiger partial charge is 0.386 e. The maximum absolute atomic E-state index is 12.6. The molecule has 4 rings (SSSR count). The van der Waals surface area contributed by atoms with Crippen LogP contribution in [0.4, 0.5) is 5.82 Å². The van der Waals surface area contributed by atoms with E-state index < -0.39 is 5.60 Å². The maximum atomic E-state index is 12.6. The Kier molecular flexibility index (Phi) is 4.72. The molecule has 146 valence electrons. The van der Waals surface area contributed by atoms with Crippen LogP contribution in [0.15, 0.2) is 30.6 Å². The standard InChI is InChI=1S/C20H24N6O2/c1-13-8-18(23-12-22-13)26-7-3-6-20(28,11-26)10-21-19(27)15-4-5-16-17(9-15)25-14(2)24-16/h4-5,8-9,12,28H,3,6-7,10-11H2,1-2H3,(H,21,27)(H,24,25). The second-order valence-electron chi connectivity index (χ2n) is 7.50. The molecule has 1 atom stereocenters. The quantitative estimate of drug-likeness (QED) is 0.636. The zero-order chi connectivity index (χ0) is 19.7. The number of nitrogens with zero attached hydrogens (tertiary/aromatic N) is 4. The van der Waals surface area contributed by atoms with Gasteiger partial charge in [-0.3, -0.25) is 4.79 Å². The number of rotatable bonds is 4. The highest BCUT2D eigenvalue weighted by Crippen LogP contribution is 2.24. The number of benzene rings is 1. The van der Waals surface area contributed by atoms with Crippen molar-refractivity contribution in [3.63, 3.8) is 0 Å². The summed E-state index contributed by atoms with van der Waals surface area (Å²) in [6.45, 7) is 5.22. The van der Waals surface area contributed by atoms with Crippen molar-refractivity contribution in [3.05, 3.63) is 47.7 Å². The third-order valence-corrected chi connectivity index (χ3v) is 5.11. The first-order valence-corrected chi connectivity index (χ1v) is 9.42. The van der Waals surface area contributed by atoms with Crippen molar-refractivity contribution in [3.8, 4) is 0 Å². The minimum absolute atomic E-state index is 0.187. The summed E-state index contributed by atoms with van der Waals surface area (Å²) in [5, 5.41) is 13.9. The van der Waals surface area contributed by atoms with Crippen molar-refractivity contribution in [2.45, 2.75) is 32.3 Å². The first-order chi connectivity index (χ1) is 13.4. The van der Waals surface area contributed by atoms with E-state index in [0.29, 0.717) is 18.5 Å². The number of carbonyl (C=O) groups excluding carboxylic acids is 1. The Morgan fingerprint density at radius 2 is 2.18 bits per heavy atom. The number of amides is 1. The number of carbonyl (C=O) groups is 1. The summed E-state index contributed by atoms with van der Waals surface area (Å²) < 4.78 is 0. The summed E-state index contributed by atoms with van der Waals surface area (Å²) in [6.07, 6.45) is 2.99.